The zero-order valence-corrected chi connectivity index (χ0v) is 18.2. The van der Waals surface area contributed by atoms with Crippen molar-refractivity contribution < 1.29 is 19.2 Å². The van der Waals surface area contributed by atoms with Crippen molar-refractivity contribution in [1.82, 2.24) is 5.32 Å². The standard InChI is InChI=1S/C21H20BrN3O5/c1-13(2)24-21(26)16(11-23)8-15-9-19(29-3)20(10-18(15)22)30-12-14-4-6-17(7-5-14)25(27)28/h4-10,13H,12H2,1-3H3,(H,24,26)/b16-8-. The summed E-state index contributed by atoms with van der Waals surface area (Å²) < 4.78 is 11.8. The van der Waals surface area contributed by atoms with Gasteiger partial charge in [-0.25, -0.2) is 0 Å². The molecule has 1 N–H and O–H groups in total. The molecular weight excluding hydrogens is 454 g/mol. The van der Waals surface area contributed by atoms with Crippen LogP contribution in [0.15, 0.2) is 46.4 Å². The normalized spacial score (nSPS) is 11.0. The average Bonchev–Trinajstić information content (AvgIpc) is 2.71. The fraction of sp³-hybridized carbons (Fsp3) is 0.238. The Labute approximate surface area is 182 Å². The zero-order valence-electron chi connectivity index (χ0n) is 16.6. The van der Waals surface area contributed by atoms with Crippen LogP contribution in [0.1, 0.15) is 25.0 Å². The van der Waals surface area contributed by atoms with Crippen molar-refractivity contribution in [2.45, 2.75) is 26.5 Å². The van der Waals surface area contributed by atoms with Crippen LogP contribution in [0.4, 0.5) is 5.69 Å². The van der Waals surface area contributed by atoms with Crippen molar-refractivity contribution in [3.8, 4) is 17.6 Å². The second-order valence-electron chi connectivity index (χ2n) is 6.53. The second-order valence-corrected chi connectivity index (χ2v) is 7.39. The first-order valence-corrected chi connectivity index (χ1v) is 9.70. The summed E-state index contributed by atoms with van der Waals surface area (Å²) in [7, 11) is 1.48. The molecule has 9 heteroatoms. The van der Waals surface area contributed by atoms with Gasteiger partial charge in [-0.1, -0.05) is 15.9 Å². The van der Waals surface area contributed by atoms with Crippen LogP contribution in [-0.4, -0.2) is 24.0 Å². The van der Waals surface area contributed by atoms with Gasteiger partial charge in [0.15, 0.2) is 11.5 Å². The van der Waals surface area contributed by atoms with E-state index < -0.39 is 10.8 Å². The summed E-state index contributed by atoms with van der Waals surface area (Å²) in [5.41, 5.74) is 1.29. The van der Waals surface area contributed by atoms with Crippen LogP contribution in [0.5, 0.6) is 11.5 Å². The molecule has 30 heavy (non-hydrogen) atoms. The molecule has 0 bridgehead atoms. The maximum absolute atomic E-state index is 12.1. The van der Waals surface area contributed by atoms with Crippen LogP contribution in [0, 0.1) is 21.4 Å². The molecule has 0 aliphatic carbocycles. The first-order chi connectivity index (χ1) is 14.2. The van der Waals surface area contributed by atoms with Gasteiger partial charge in [0.1, 0.15) is 18.2 Å². The summed E-state index contributed by atoms with van der Waals surface area (Å²) in [6.45, 7) is 3.79. The third-order valence-electron chi connectivity index (χ3n) is 3.91. The number of ether oxygens (including phenoxy) is 2. The van der Waals surface area contributed by atoms with E-state index in [0.29, 0.717) is 21.5 Å². The molecule has 0 heterocycles. The summed E-state index contributed by atoms with van der Waals surface area (Å²) in [4.78, 5) is 22.4. The Balaban J connectivity index is 2.24. The molecule has 156 valence electrons. The maximum atomic E-state index is 12.1. The zero-order chi connectivity index (χ0) is 22.3. The lowest BCUT2D eigenvalue weighted by Crippen LogP contribution is -2.30. The minimum Gasteiger partial charge on any atom is -0.493 e. The number of nitrogens with zero attached hydrogens (tertiary/aromatic N) is 2. The van der Waals surface area contributed by atoms with Gasteiger partial charge < -0.3 is 14.8 Å². The van der Waals surface area contributed by atoms with Crippen LogP contribution in [0.3, 0.4) is 0 Å². The highest BCUT2D eigenvalue weighted by Crippen LogP contribution is 2.35. The number of halogens is 1. The first kappa shape index (κ1) is 22.9. The first-order valence-electron chi connectivity index (χ1n) is 8.91. The van der Waals surface area contributed by atoms with Crippen molar-refractivity contribution in [3.63, 3.8) is 0 Å². The Hall–Kier alpha value is -3.38. The van der Waals surface area contributed by atoms with Gasteiger partial charge in [0.25, 0.3) is 11.6 Å². The summed E-state index contributed by atoms with van der Waals surface area (Å²) in [5.74, 6) is 0.384. The molecule has 0 aliphatic heterocycles. The van der Waals surface area contributed by atoms with Gasteiger partial charge in [-0.2, -0.15) is 5.26 Å². The Morgan fingerprint density at radius 2 is 1.97 bits per heavy atom. The molecule has 0 aliphatic rings. The predicted octanol–water partition coefficient (Wildman–Crippen LogP) is 4.38. The fourth-order valence-corrected chi connectivity index (χ4v) is 2.89. The molecule has 0 atom stereocenters. The number of amides is 1. The molecule has 0 radical (unpaired) electrons. The average molecular weight is 474 g/mol. The van der Waals surface area contributed by atoms with E-state index in [4.69, 9.17) is 9.47 Å². The number of non-ortho nitro benzene ring substituents is 1. The highest BCUT2D eigenvalue weighted by molar-refractivity contribution is 9.10. The number of methoxy groups -OCH3 is 1. The van der Waals surface area contributed by atoms with E-state index in [1.165, 1.54) is 25.3 Å². The smallest absolute Gasteiger partial charge is 0.269 e. The van der Waals surface area contributed by atoms with Crippen LogP contribution in [0.2, 0.25) is 0 Å². The van der Waals surface area contributed by atoms with Crippen LogP contribution < -0.4 is 14.8 Å². The molecular formula is C21H20BrN3O5. The van der Waals surface area contributed by atoms with Gasteiger partial charge in [0.2, 0.25) is 0 Å². The molecule has 2 aromatic carbocycles. The largest absolute Gasteiger partial charge is 0.493 e. The maximum Gasteiger partial charge on any atom is 0.269 e. The van der Waals surface area contributed by atoms with Gasteiger partial charge in [0.05, 0.1) is 12.0 Å². The predicted molar refractivity (Wildman–Crippen MR) is 115 cm³/mol. The number of hydrogen-bond donors (Lipinski definition) is 1. The van der Waals surface area contributed by atoms with Gasteiger partial charge >= 0.3 is 0 Å². The summed E-state index contributed by atoms with van der Waals surface area (Å²) in [6, 6.07) is 11.2. The minimum atomic E-state index is -0.464. The van der Waals surface area contributed by atoms with Crippen molar-refractivity contribution in [2.24, 2.45) is 0 Å². The van der Waals surface area contributed by atoms with Gasteiger partial charge in [-0.15, -0.1) is 0 Å². The molecule has 1 amide bonds. The molecule has 8 nitrogen and oxygen atoms in total. The van der Waals surface area contributed by atoms with Crippen LogP contribution >= 0.6 is 15.9 Å². The van der Waals surface area contributed by atoms with Crippen LogP contribution in [-0.2, 0) is 11.4 Å². The number of hydrogen-bond acceptors (Lipinski definition) is 6. The number of nitro groups is 1. The van der Waals surface area contributed by atoms with Gasteiger partial charge in [0, 0.05) is 22.6 Å². The highest BCUT2D eigenvalue weighted by Gasteiger charge is 2.14. The number of rotatable bonds is 8. The molecule has 0 fully saturated rings. The number of benzene rings is 2. The van der Waals surface area contributed by atoms with Crippen molar-refractivity contribution in [2.75, 3.05) is 7.11 Å². The summed E-state index contributed by atoms with van der Waals surface area (Å²) >= 11 is 3.42. The Morgan fingerprint density at radius 3 is 2.50 bits per heavy atom. The van der Waals surface area contributed by atoms with Crippen molar-refractivity contribution in [3.05, 3.63) is 67.7 Å². The SMILES string of the molecule is COc1cc(/C=C(/C#N)C(=O)NC(C)C)c(Br)cc1OCc1ccc([N+](=O)[O-])cc1. The summed E-state index contributed by atoms with van der Waals surface area (Å²) in [6.07, 6.45) is 1.46. The monoisotopic (exact) mass is 473 g/mol. The lowest BCUT2D eigenvalue weighted by atomic mass is 10.1. The lowest BCUT2D eigenvalue weighted by molar-refractivity contribution is -0.384. The minimum absolute atomic E-state index is 0.00464. The quantitative estimate of drug-likeness (QED) is 0.263. The second kappa shape index (κ2) is 10.4. The molecule has 2 rings (SSSR count). The van der Waals surface area contributed by atoms with E-state index in [1.807, 2.05) is 19.9 Å². The van der Waals surface area contributed by atoms with Gasteiger partial charge in [-0.3, -0.25) is 14.9 Å². The van der Waals surface area contributed by atoms with Crippen LogP contribution in [0.25, 0.3) is 6.08 Å². The molecule has 2 aromatic rings. The lowest BCUT2D eigenvalue weighted by Gasteiger charge is -2.13. The van der Waals surface area contributed by atoms with Crippen molar-refractivity contribution >= 4 is 33.6 Å². The Morgan fingerprint density at radius 1 is 1.30 bits per heavy atom. The molecule has 0 aromatic heterocycles. The fourth-order valence-electron chi connectivity index (χ4n) is 2.45. The Kier molecular flexibility index (Phi) is 7.95. The molecule has 0 saturated heterocycles. The van der Waals surface area contributed by atoms with E-state index >= 15 is 0 Å². The highest BCUT2D eigenvalue weighted by atomic mass is 79.9. The number of nitro benzene ring substituents is 1. The third-order valence-corrected chi connectivity index (χ3v) is 4.60. The van der Waals surface area contributed by atoms with E-state index in [-0.39, 0.29) is 23.9 Å². The number of carbonyl (C=O) groups excluding carboxylic acids is 1. The van der Waals surface area contributed by atoms with E-state index in [2.05, 4.69) is 21.2 Å². The topological polar surface area (TPSA) is 114 Å². The Bertz CT molecular complexity index is 1010. The van der Waals surface area contributed by atoms with Gasteiger partial charge in [-0.05, 0) is 55.3 Å². The number of carbonyl (C=O) groups is 1. The number of nitriles is 1. The van der Waals surface area contributed by atoms with E-state index in [0.717, 1.165) is 5.56 Å². The number of nitrogens with one attached hydrogen (secondary N) is 1. The molecule has 0 unspecified atom stereocenters. The van der Waals surface area contributed by atoms with Crippen molar-refractivity contribution in [1.29, 1.82) is 5.26 Å². The molecule has 0 saturated carbocycles. The third kappa shape index (κ3) is 6.06. The molecule has 0 spiro atoms. The summed E-state index contributed by atoms with van der Waals surface area (Å²) in [5, 5.41) is 22.7. The van der Waals surface area contributed by atoms with E-state index in [1.54, 1.807) is 24.3 Å². The van der Waals surface area contributed by atoms with E-state index in [9.17, 15) is 20.2 Å².